The maximum absolute atomic E-state index is 12.5. The van der Waals surface area contributed by atoms with Gasteiger partial charge < -0.3 is 5.32 Å². The molecule has 1 saturated carbocycles. The number of halogens is 1. The van der Waals surface area contributed by atoms with E-state index in [1.807, 2.05) is 35.0 Å². The summed E-state index contributed by atoms with van der Waals surface area (Å²) >= 11 is 7.38. The molecule has 0 spiro atoms. The third-order valence-electron chi connectivity index (χ3n) is 4.88. The monoisotopic (exact) mass is 491 g/mol. The molecule has 8 nitrogen and oxygen atoms in total. The number of aromatic nitrogens is 3. The van der Waals surface area contributed by atoms with Crippen LogP contribution in [-0.2, 0) is 14.8 Å². The number of hydrogen-bond donors (Lipinski definition) is 1. The second kappa shape index (κ2) is 9.22. The number of nitrogens with zero attached hydrogens (tertiary/aromatic N) is 4. The SMILES string of the molecule is CN(C)S(=O)(=O)c1ccc(Cl)c(NC(=O)CSc2nc(C3CC3)n(-c3ccccc3)n2)c1. The number of carbonyl (C=O) groups excluding carboxylic acids is 1. The van der Waals surface area contributed by atoms with E-state index in [0.717, 1.165) is 28.7 Å². The molecule has 0 bridgehead atoms. The standard InChI is InChI=1S/C21H22ClN5O3S2/c1-26(2)32(29,30)16-10-11-17(22)18(12-16)23-19(28)13-31-21-24-20(14-8-9-14)27(25-21)15-6-4-3-5-7-15/h3-7,10-12,14H,8-9,13H2,1-2H3,(H,23,28). The van der Waals surface area contributed by atoms with Gasteiger partial charge in [0.25, 0.3) is 0 Å². The normalized spacial score (nSPS) is 14.0. The van der Waals surface area contributed by atoms with Crippen LogP contribution in [0.5, 0.6) is 0 Å². The maximum atomic E-state index is 12.5. The van der Waals surface area contributed by atoms with Gasteiger partial charge in [0.2, 0.25) is 21.1 Å². The first kappa shape index (κ1) is 22.8. The van der Waals surface area contributed by atoms with Gasteiger partial charge in [-0.05, 0) is 43.2 Å². The van der Waals surface area contributed by atoms with Crippen LogP contribution < -0.4 is 5.32 Å². The summed E-state index contributed by atoms with van der Waals surface area (Å²) in [5.74, 6) is 1.03. The Balaban J connectivity index is 1.46. The van der Waals surface area contributed by atoms with Crippen molar-refractivity contribution in [1.29, 1.82) is 0 Å². The summed E-state index contributed by atoms with van der Waals surface area (Å²) < 4.78 is 27.6. The minimum absolute atomic E-state index is 0.0483. The third kappa shape index (κ3) is 4.98. The highest BCUT2D eigenvalue weighted by molar-refractivity contribution is 7.99. The van der Waals surface area contributed by atoms with Gasteiger partial charge in [-0.15, -0.1) is 5.10 Å². The summed E-state index contributed by atoms with van der Waals surface area (Å²) in [6.07, 6.45) is 2.17. The number of amides is 1. The molecule has 0 atom stereocenters. The van der Waals surface area contributed by atoms with Crippen molar-refractivity contribution in [3.05, 3.63) is 59.4 Å². The van der Waals surface area contributed by atoms with E-state index >= 15 is 0 Å². The Morgan fingerprint density at radius 1 is 1.22 bits per heavy atom. The fraction of sp³-hybridized carbons (Fsp3) is 0.286. The van der Waals surface area contributed by atoms with Crippen molar-refractivity contribution in [3.8, 4) is 5.69 Å². The predicted molar refractivity (Wildman–Crippen MR) is 125 cm³/mol. The summed E-state index contributed by atoms with van der Waals surface area (Å²) in [5, 5.41) is 8.03. The molecule has 1 fully saturated rings. The van der Waals surface area contributed by atoms with Gasteiger partial charge in [-0.2, -0.15) is 0 Å². The number of sulfonamides is 1. The largest absolute Gasteiger partial charge is 0.324 e. The number of thioether (sulfide) groups is 1. The molecule has 2 aromatic carbocycles. The van der Waals surface area contributed by atoms with Gasteiger partial charge in [0.05, 0.1) is 27.0 Å². The lowest BCUT2D eigenvalue weighted by molar-refractivity contribution is -0.113. The van der Waals surface area contributed by atoms with Gasteiger partial charge >= 0.3 is 0 Å². The molecule has 0 radical (unpaired) electrons. The molecule has 1 heterocycles. The molecule has 3 aromatic rings. The van der Waals surface area contributed by atoms with E-state index in [1.54, 1.807) is 0 Å². The lowest BCUT2D eigenvalue weighted by atomic mass is 10.3. The van der Waals surface area contributed by atoms with Crippen LogP contribution in [0.15, 0.2) is 58.6 Å². The summed E-state index contributed by atoms with van der Waals surface area (Å²) in [7, 11) is -0.761. The molecular weight excluding hydrogens is 470 g/mol. The zero-order valence-electron chi connectivity index (χ0n) is 17.5. The van der Waals surface area contributed by atoms with Crippen molar-refractivity contribution in [1.82, 2.24) is 19.1 Å². The van der Waals surface area contributed by atoms with E-state index in [1.165, 1.54) is 44.1 Å². The highest BCUT2D eigenvalue weighted by atomic mass is 35.5. The Kier molecular flexibility index (Phi) is 6.57. The molecule has 0 aliphatic heterocycles. The van der Waals surface area contributed by atoms with Crippen LogP contribution >= 0.6 is 23.4 Å². The minimum atomic E-state index is -3.64. The number of nitrogens with one attached hydrogen (secondary N) is 1. The van der Waals surface area contributed by atoms with E-state index in [-0.39, 0.29) is 27.3 Å². The van der Waals surface area contributed by atoms with Crippen LogP contribution in [0.4, 0.5) is 5.69 Å². The fourth-order valence-corrected chi connectivity index (χ4v) is 4.74. The van der Waals surface area contributed by atoms with Gasteiger partial charge in [-0.3, -0.25) is 4.79 Å². The number of carbonyl (C=O) groups is 1. The molecule has 4 rings (SSSR count). The summed E-state index contributed by atoms with van der Waals surface area (Å²) in [6.45, 7) is 0. The lowest BCUT2D eigenvalue weighted by Crippen LogP contribution is -2.22. The molecule has 1 amide bonds. The Labute approximate surface area is 196 Å². The average molecular weight is 492 g/mol. The average Bonchev–Trinajstić information content (AvgIpc) is 3.53. The fourth-order valence-electron chi connectivity index (χ4n) is 3.02. The third-order valence-corrected chi connectivity index (χ3v) is 7.86. The van der Waals surface area contributed by atoms with Crippen molar-refractivity contribution in [2.75, 3.05) is 25.2 Å². The molecule has 0 saturated heterocycles. The van der Waals surface area contributed by atoms with Gasteiger partial charge in [0.1, 0.15) is 5.82 Å². The second-order valence-electron chi connectivity index (χ2n) is 7.54. The molecule has 11 heteroatoms. The van der Waals surface area contributed by atoms with Crippen molar-refractivity contribution < 1.29 is 13.2 Å². The Morgan fingerprint density at radius 2 is 1.94 bits per heavy atom. The molecule has 1 N–H and O–H groups in total. The van der Waals surface area contributed by atoms with Crippen LogP contribution in [0.2, 0.25) is 5.02 Å². The number of anilines is 1. The van der Waals surface area contributed by atoms with E-state index < -0.39 is 10.0 Å². The van der Waals surface area contributed by atoms with E-state index in [4.69, 9.17) is 11.6 Å². The molecule has 1 aliphatic carbocycles. The van der Waals surface area contributed by atoms with Crippen LogP contribution in [0.1, 0.15) is 24.6 Å². The number of para-hydroxylation sites is 1. The minimum Gasteiger partial charge on any atom is -0.324 e. The van der Waals surface area contributed by atoms with Gasteiger partial charge in [0, 0.05) is 20.0 Å². The van der Waals surface area contributed by atoms with E-state index in [0.29, 0.717) is 11.1 Å². The highest BCUT2D eigenvalue weighted by Crippen LogP contribution is 2.40. The Morgan fingerprint density at radius 3 is 2.59 bits per heavy atom. The first-order chi connectivity index (χ1) is 15.3. The maximum Gasteiger partial charge on any atom is 0.242 e. The molecule has 32 heavy (non-hydrogen) atoms. The topological polar surface area (TPSA) is 97.2 Å². The summed E-state index contributed by atoms with van der Waals surface area (Å²) in [4.78, 5) is 17.2. The van der Waals surface area contributed by atoms with Crippen LogP contribution in [0.25, 0.3) is 5.69 Å². The first-order valence-corrected chi connectivity index (χ1v) is 12.7. The van der Waals surface area contributed by atoms with Crippen molar-refractivity contribution in [2.24, 2.45) is 0 Å². The zero-order chi connectivity index (χ0) is 22.9. The van der Waals surface area contributed by atoms with Crippen LogP contribution in [-0.4, -0.2) is 53.2 Å². The molecule has 1 aromatic heterocycles. The Hall–Kier alpha value is -2.40. The number of hydrogen-bond acceptors (Lipinski definition) is 6. The van der Waals surface area contributed by atoms with Gasteiger partial charge in [0.15, 0.2) is 0 Å². The quantitative estimate of drug-likeness (QED) is 0.481. The van der Waals surface area contributed by atoms with E-state index in [9.17, 15) is 13.2 Å². The van der Waals surface area contributed by atoms with Crippen molar-refractivity contribution in [3.63, 3.8) is 0 Å². The van der Waals surface area contributed by atoms with Gasteiger partial charge in [-0.25, -0.2) is 22.4 Å². The summed E-state index contributed by atoms with van der Waals surface area (Å²) in [5.41, 5.74) is 1.17. The number of rotatable bonds is 8. The summed E-state index contributed by atoms with van der Waals surface area (Å²) in [6, 6.07) is 14.0. The molecule has 1 aliphatic rings. The van der Waals surface area contributed by atoms with E-state index in [2.05, 4.69) is 15.4 Å². The first-order valence-electron chi connectivity index (χ1n) is 9.93. The number of benzene rings is 2. The van der Waals surface area contributed by atoms with Crippen LogP contribution in [0.3, 0.4) is 0 Å². The molecule has 0 unspecified atom stereocenters. The van der Waals surface area contributed by atoms with Gasteiger partial charge in [-0.1, -0.05) is 41.6 Å². The lowest BCUT2D eigenvalue weighted by Gasteiger charge is -2.13. The zero-order valence-corrected chi connectivity index (χ0v) is 19.9. The van der Waals surface area contributed by atoms with Crippen molar-refractivity contribution >= 4 is 45.0 Å². The molecule has 168 valence electrons. The highest BCUT2D eigenvalue weighted by Gasteiger charge is 2.30. The van der Waals surface area contributed by atoms with Crippen molar-refractivity contribution in [2.45, 2.75) is 28.8 Å². The van der Waals surface area contributed by atoms with Crippen LogP contribution in [0, 0.1) is 0 Å². The predicted octanol–water partition coefficient (Wildman–Crippen LogP) is 3.78. The Bertz CT molecular complexity index is 1240. The second-order valence-corrected chi connectivity index (χ2v) is 11.0. The molecular formula is C21H22ClN5O3S2. The smallest absolute Gasteiger partial charge is 0.242 e.